The predicted molar refractivity (Wildman–Crippen MR) is 123 cm³/mol. The number of ketones is 1. The molecule has 1 aromatic heterocycles. The first-order chi connectivity index (χ1) is 15.6. The number of Topliss-reactive ketones (excluding diaryl/α,β-unsaturated/α-hetero) is 1. The molecule has 32 heavy (non-hydrogen) atoms. The van der Waals surface area contributed by atoms with Crippen molar-refractivity contribution in [3.05, 3.63) is 64.6 Å². The zero-order chi connectivity index (χ0) is 22.1. The number of nitriles is 1. The predicted octanol–water partition coefficient (Wildman–Crippen LogP) is 5.60. The number of thiazole rings is 1. The van der Waals surface area contributed by atoms with Gasteiger partial charge in [0.15, 0.2) is 11.5 Å². The zero-order valence-electron chi connectivity index (χ0n) is 17.5. The third-order valence-corrected chi connectivity index (χ3v) is 6.92. The van der Waals surface area contributed by atoms with Gasteiger partial charge in [-0.3, -0.25) is 4.79 Å². The van der Waals surface area contributed by atoms with Crippen molar-refractivity contribution in [3.63, 3.8) is 0 Å². The topological polar surface area (TPSA) is 84.2 Å². The van der Waals surface area contributed by atoms with Gasteiger partial charge in [0.1, 0.15) is 22.4 Å². The lowest BCUT2D eigenvalue weighted by Gasteiger charge is -2.35. The number of anilines is 1. The first-order valence-corrected chi connectivity index (χ1v) is 11.3. The van der Waals surface area contributed by atoms with Crippen LogP contribution in [0, 0.1) is 17.2 Å². The summed E-state index contributed by atoms with van der Waals surface area (Å²) in [5, 5.41) is 15.4. The fourth-order valence-electron chi connectivity index (χ4n) is 4.10. The Kier molecular flexibility index (Phi) is 5.38. The van der Waals surface area contributed by atoms with Crippen molar-refractivity contribution in [2.75, 3.05) is 12.1 Å². The van der Waals surface area contributed by atoms with Gasteiger partial charge < -0.3 is 14.8 Å². The van der Waals surface area contributed by atoms with Crippen LogP contribution in [0.2, 0.25) is 0 Å². The highest BCUT2D eigenvalue weighted by molar-refractivity contribution is 7.11. The van der Waals surface area contributed by atoms with E-state index in [0.717, 1.165) is 35.5 Å². The third-order valence-electron chi connectivity index (χ3n) is 6.04. The lowest BCUT2D eigenvalue weighted by atomic mass is 9.68. The molecule has 6 nitrogen and oxygen atoms in total. The molecule has 1 N–H and O–H groups in total. The van der Waals surface area contributed by atoms with Crippen LogP contribution in [-0.2, 0) is 4.79 Å². The fraction of sp³-hybridized carbons (Fsp3) is 0.240. The minimum absolute atomic E-state index is 0.155. The molecular formula is C25H21N3O3S. The Balaban J connectivity index is 1.29. The van der Waals surface area contributed by atoms with Crippen LogP contribution in [0.1, 0.15) is 36.3 Å². The van der Waals surface area contributed by atoms with Crippen molar-refractivity contribution in [3.8, 4) is 28.8 Å². The van der Waals surface area contributed by atoms with Crippen molar-refractivity contribution in [2.24, 2.45) is 5.92 Å². The number of carbonyl (C=O) groups excluding carboxylic acids is 1. The monoisotopic (exact) mass is 443 g/mol. The number of nitrogens with zero attached hydrogens (tertiary/aromatic N) is 2. The van der Waals surface area contributed by atoms with Gasteiger partial charge in [-0.1, -0.05) is 12.1 Å². The van der Waals surface area contributed by atoms with E-state index in [1.807, 2.05) is 35.7 Å². The Labute approximate surface area is 190 Å². The van der Waals surface area contributed by atoms with Gasteiger partial charge in [-0.15, -0.1) is 11.3 Å². The molecule has 1 fully saturated rings. The number of aromatic nitrogens is 1. The second-order valence-corrected chi connectivity index (χ2v) is 8.80. The SMILES string of the molecule is CC(=O)C1CCC1c1ccc(N/C=C(\C#N)c2nc(-c3ccc4c(c3)OCO4)cs2)cc1. The van der Waals surface area contributed by atoms with E-state index in [0.29, 0.717) is 22.2 Å². The lowest BCUT2D eigenvalue weighted by molar-refractivity contribution is -0.123. The summed E-state index contributed by atoms with van der Waals surface area (Å²) in [4.78, 5) is 16.3. The third kappa shape index (κ3) is 3.85. The fourth-order valence-corrected chi connectivity index (χ4v) is 4.89. The molecule has 7 heteroatoms. The minimum atomic E-state index is 0.155. The van der Waals surface area contributed by atoms with Gasteiger partial charge in [-0.25, -0.2) is 4.98 Å². The molecule has 1 aliphatic carbocycles. The molecule has 0 amide bonds. The summed E-state index contributed by atoms with van der Waals surface area (Å²) in [6.07, 6.45) is 3.72. The highest BCUT2D eigenvalue weighted by Gasteiger charge is 2.35. The van der Waals surface area contributed by atoms with E-state index in [1.54, 1.807) is 13.1 Å². The second kappa shape index (κ2) is 8.48. The molecule has 2 aliphatic rings. The molecule has 0 spiro atoms. The van der Waals surface area contributed by atoms with Gasteiger partial charge in [0.25, 0.3) is 0 Å². The maximum absolute atomic E-state index is 11.7. The summed E-state index contributed by atoms with van der Waals surface area (Å²) in [5.74, 6) is 2.19. The normalized spacial score (nSPS) is 19.2. The first-order valence-electron chi connectivity index (χ1n) is 10.5. The largest absolute Gasteiger partial charge is 0.454 e. The Morgan fingerprint density at radius 1 is 1.19 bits per heavy atom. The molecule has 160 valence electrons. The highest BCUT2D eigenvalue weighted by atomic mass is 32.1. The Bertz CT molecular complexity index is 1240. The number of hydrogen-bond donors (Lipinski definition) is 1. The molecule has 2 atom stereocenters. The number of benzene rings is 2. The number of hydrogen-bond acceptors (Lipinski definition) is 7. The summed E-state index contributed by atoms with van der Waals surface area (Å²) in [6, 6.07) is 16.0. The first kappa shape index (κ1) is 20.3. The van der Waals surface area contributed by atoms with E-state index < -0.39 is 0 Å². The van der Waals surface area contributed by atoms with E-state index in [1.165, 1.54) is 16.9 Å². The molecular weight excluding hydrogens is 422 g/mol. The van der Waals surface area contributed by atoms with Gasteiger partial charge in [0.2, 0.25) is 6.79 Å². The van der Waals surface area contributed by atoms with E-state index in [-0.39, 0.29) is 18.5 Å². The molecule has 2 unspecified atom stereocenters. The van der Waals surface area contributed by atoms with Gasteiger partial charge in [0.05, 0.1) is 5.69 Å². The standard InChI is InChI=1S/C25H21N3O3S/c1-15(29)20-7-8-21(20)16-2-5-19(6-3-16)27-12-18(11-26)25-28-22(13-32-25)17-4-9-23-24(10-17)31-14-30-23/h2-6,9-10,12-13,20-21,27H,7-8,14H2,1H3/b18-12+. The van der Waals surface area contributed by atoms with Crippen LogP contribution in [0.3, 0.4) is 0 Å². The maximum atomic E-state index is 11.7. The van der Waals surface area contributed by atoms with Crippen LogP contribution < -0.4 is 14.8 Å². The number of rotatable bonds is 6. The molecule has 0 radical (unpaired) electrons. The van der Waals surface area contributed by atoms with Gasteiger partial charge in [-0.05, 0) is 61.6 Å². The number of allylic oxidation sites excluding steroid dienone is 1. The van der Waals surface area contributed by atoms with Crippen LogP contribution in [-0.4, -0.2) is 17.6 Å². The van der Waals surface area contributed by atoms with Crippen molar-refractivity contribution in [2.45, 2.75) is 25.7 Å². The van der Waals surface area contributed by atoms with E-state index in [2.05, 4.69) is 28.5 Å². The van der Waals surface area contributed by atoms with Crippen LogP contribution in [0.25, 0.3) is 16.8 Å². The molecule has 0 saturated heterocycles. The molecule has 5 rings (SSSR count). The van der Waals surface area contributed by atoms with Crippen LogP contribution >= 0.6 is 11.3 Å². The number of ether oxygens (including phenoxy) is 2. The number of nitrogens with one attached hydrogen (secondary N) is 1. The Morgan fingerprint density at radius 2 is 2.00 bits per heavy atom. The summed E-state index contributed by atoms with van der Waals surface area (Å²) in [5.41, 5.74) is 4.24. The summed E-state index contributed by atoms with van der Waals surface area (Å²) in [7, 11) is 0. The van der Waals surface area contributed by atoms with Crippen LogP contribution in [0.5, 0.6) is 11.5 Å². The van der Waals surface area contributed by atoms with E-state index in [4.69, 9.17) is 9.47 Å². The Morgan fingerprint density at radius 3 is 2.72 bits per heavy atom. The molecule has 1 saturated carbocycles. The average Bonchev–Trinajstić information content (AvgIpc) is 3.43. The average molecular weight is 444 g/mol. The molecule has 2 aromatic carbocycles. The van der Waals surface area contributed by atoms with Crippen LogP contribution in [0.4, 0.5) is 5.69 Å². The maximum Gasteiger partial charge on any atom is 0.231 e. The van der Waals surface area contributed by atoms with Gasteiger partial charge in [0, 0.05) is 28.7 Å². The highest BCUT2D eigenvalue weighted by Crippen LogP contribution is 2.43. The van der Waals surface area contributed by atoms with Gasteiger partial charge in [-0.2, -0.15) is 5.26 Å². The quantitative estimate of drug-likeness (QED) is 0.500. The van der Waals surface area contributed by atoms with E-state index in [9.17, 15) is 10.1 Å². The molecule has 3 aromatic rings. The lowest BCUT2D eigenvalue weighted by Crippen LogP contribution is -2.29. The molecule has 1 aliphatic heterocycles. The summed E-state index contributed by atoms with van der Waals surface area (Å²) in [6.45, 7) is 1.91. The zero-order valence-corrected chi connectivity index (χ0v) is 18.3. The van der Waals surface area contributed by atoms with Crippen molar-refractivity contribution in [1.29, 1.82) is 5.26 Å². The van der Waals surface area contributed by atoms with Gasteiger partial charge >= 0.3 is 0 Å². The smallest absolute Gasteiger partial charge is 0.231 e. The van der Waals surface area contributed by atoms with Crippen molar-refractivity contribution < 1.29 is 14.3 Å². The second-order valence-electron chi connectivity index (χ2n) is 7.94. The molecule has 2 heterocycles. The summed E-state index contributed by atoms with van der Waals surface area (Å²) >= 11 is 1.42. The number of fused-ring (bicyclic) bond motifs is 1. The minimum Gasteiger partial charge on any atom is -0.454 e. The van der Waals surface area contributed by atoms with E-state index >= 15 is 0 Å². The van der Waals surface area contributed by atoms with Crippen molar-refractivity contribution in [1.82, 2.24) is 4.98 Å². The molecule has 0 bridgehead atoms. The van der Waals surface area contributed by atoms with Crippen LogP contribution in [0.15, 0.2) is 54.0 Å². The Hall–Kier alpha value is -3.63. The van der Waals surface area contributed by atoms with Crippen molar-refractivity contribution >= 4 is 28.4 Å². The number of carbonyl (C=O) groups is 1. The summed E-state index contributed by atoms with van der Waals surface area (Å²) < 4.78 is 10.8.